The molecular weight excluding hydrogens is 474 g/mol. The Morgan fingerprint density at radius 3 is 2.63 bits per heavy atom. The van der Waals surface area contributed by atoms with Crippen LogP contribution in [-0.2, 0) is 20.7 Å². The Morgan fingerprint density at radius 2 is 1.93 bits per heavy atom. The lowest BCUT2D eigenvalue weighted by molar-refractivity contribution is -0.152. The van der Waals surface area contributed by atoms with Gasteiger partial charge >= 0.3 is 5.97 Å². The zero-order valence-electron chi connectivity index (χ0n) is 15.4. The summed E-state index contributed by atoms with van der Waals surface area (Å²) in [5, 5.41) is 5.58. The SMILES string of the molecule is CC(OC(=O)Cc1c(F)cccc1Cl)C(=O)Nc1nc(-c2ccc(Cl)c(Cl)c2)cs1. The highest BCUT2D eigenvalue weighted by Gasteiger charge is 2.21. The van der Waals surface area contributed by atoms with Crippen molar-refractivity contribution >= 4 is 63.1 Å². The minimum absolute atomic E-state index is 0.0166. The van der Waals surface area contributed by atoms with E-state index in [-0.39, 0.29) is 17.0 Å². The van der Waals surface area contributed by atoms with Gasteiger partial charge in [0.2, 0.25) is 0 Å². The molecule has 0 saturated carbocycles. The summed E-state index contributed by atoms with van der Waals surface area (Å²) in [4.78, 5) is 28.7. The normalized spacial score (nSPS) is 11.8. The number of hydrogen-bond donors (Lipinski definition) is 1. The van der Waals surface area contributed by atoms with Crippen molar-refractivity contribution < 1.29 is 18.7 Å². The lowest BCUT2D eigenvalue weighted by Gasteiger charge is -2.13. The highest BCUT2D eigenvalue weighted by molar-refractivity contribution is 7.14. The third-order valence-electron chi connectivity index (χ3n) is 4.01. The highest BCUT2D eigenvalue weighted by atomic mass is 35.5. The van der Waals surface area contributed by atoms with E-state index in [1.807, 2.05) is 0 Å². The van der Waals surface area contributed by atoms with Crippen LogP contribution in [0.5, 0.6) is 0 Å². The number of thiazole rings is 1. The summed E-state index contributed by atoms with van der Waals surface area (Å²) in [6, 6.07) is 9.18. The molecule has 1 amide bonds. The molecule has 0 radical (unpaired) electrons. The predicted molar refractivity (Wildman–Crippen MR) is 117 cm³/mol. The number of nitrogens with one attached hydrogen (secondary N) is 1. The van der Waals surface area contributed by atoms with Gasteiger partial charge in [-0.05, 0) is 31.2 Å². The second-order valence-corrected chi connectivity index (χ2v) is 8.24. The number of benzene rings is 2. The Kier molecular flexibility index (Phi) is 7.31. The fourth-order valence-electron chi connectivity index (χ4n) is 2.46. The molecule has 0 fully saturated rings. The largest absolute Gasteiger partial charge is 0.452 e. The molecule has 5 nitrogen and oxygen atoms in total. The Morgan fingerprint density at radius 1 is 1.17 bits per heavy atom. The third kappa shape index (κ3) is 5.49. The van der Waals surface area contributed by atoms with Gasteiger partial charge < -0.3 is 4.74 Å². The number of anilines is 1. The average molecular weight is 488 g/mol. The van der Waals surface area contributed by atoms with Crippen LogP contribution in [0.3, 0.4) is 0 Å². The quantitative estimate of drug-likeness (QED) is 0.432. The van der Waals surface area contributed by atoms with Gasteiger partial charge in [0.05, 0.1) is 22.2 Å². The van der Waals surface area contributed by atoms with E-state index in [9.17, 15) is 14.0 Å². The van der Waals surface area contributed by atoms with Crippen molar-refractivity contribution in [2.45, 2.75) is 19.4 Å². The number of ether oxygens (including phenoxy) is 1. The van der Waals surface area contributed by atoms with Crippen LogP contribution in [0.25, 0.3) is 11.3 Å². The number of carbonyl (C=O) groups is 2. The molecule has 1 unspecified atom stereocenters. The number of amides is 1. The number of hydrogen-bond acceptors (Lipinski definition) is 5. The molecule has 0 aliphatic heterocycles. The van der Waals surface area contributed by atoms with Gasteiger partial charge in [-0.2, -0.15) is 0 Å². The fourth-order valence-corrected chi connectivity index (χ4v) is 3.71. The molecule has 0 spiro atoms. The molecular formula is C20H14Cl3FN2O3S. The summed E-state index contributed by atoms with van der Waals surface area (Å²) in [5.41, 5.74) is 1.36. The van der Waals surface area contributed by atoms with E-state index >= 15 is 0 Å². The van der Waals surface area contributed by atoms with Gasteiger partial charge in [-0.3, -0.25) is 14.9 Å². The molecule has 1 atom stereocenters. The summed E-state index contributed by atoms with van der Waals surface area (Å²) in [6.45, 7) is 1.41. The molecule has 1 aromatic heterocycles. The smallest absolute Gasteiger partial charge is 0.311 e. The summed E-state index contributed by atoms with van der Waals surface area (Å²) in [6.07, 6.45) is -1.50. The summed E-state index contributed by atoms with van der Waals surface area (Å²) < 4.78 is 18.9. The van der Waals surface area contributed by atoms with Crippen molar-refractivity contribution in [1.29, 1.82) is 0 Å². The first-order valence-corrected chi connectivity index (χ1v) is 10.6. The Balaban J connectivity index is 1.60. The Hall–Kier alpha value is -2.19. The molecule has 156 valence electrons. The average Bonchev–Trinajstić information content (AvgIpc) is 3.15. The first-order chi connectivity index (χ1) is 14.2. The van der Waals surface area contributed by atoms with E-state index in [0.29, 0.717) is 20.9 Å². The topological polar surface area (TPSA) is 68.3 Å². The fraction of sp³-hybridized carbons (Fsp3) is 0.150. The van der Waals surface area contributed by atoms with Crippen LogP contribution in [0, 0.1) is 5.82 Å². The number of halogens is 4. The molecule has 0 saturated heterocycles. The lowest BCUT2D eigenvalue weighted by atomic mass is 10.1. The molecule has 30 heavy (non-hydrogen) atoms. The first kappa shape index (κ1) is 22.5. The van der Waals surface area contributed by atoms with Gasteiger partial charge in [0.1, 0.15) is 5.82 Å². The van der Waals surface area contributed by atoms with Gasteiger partial charge in [-0.25, -0.2) is 9.37 Å². The Bertz CT molecular complexity index is 1090. The maximum atomic E-state index is 13.8. The number of rotatable bonds is 6. The number of nitrogens with zero attached hydrogens (tertiary/aromatic N) is 1. The van der Waals surface area contributed by atoms with Gasteiger partial charge in [0.25, 0.3) is 5.91 Å². The molecule has 1 N–H and O–H groups in total. The van der Waals surface area contributed by atoms with Gasteiger partial charge in [0, 0.05) is 21.5 Å². The third-order valence-corrected chi connectivity index (χ3v) is 5.86. The van der Waals surface area contributed by atoms with Crippen molar-refractivity contribution in [3.05, 3.63) is 68.2 Å². The second kappa shape index (κ2) is 9.75. The molecule has 3 aromatic rings. The highest BCUT2D eigenvalue weighted by Crippen LogP contribution is 2.30. The summed E-state index contributed by atoms with van der Waals surface area (Å²) in [7, 11) is 0. The van der Waals surface area contributed by atoms with E-state index in [2.05, 4.69) is 10.3 Å². The van der Waals surface area contributed by atoms with Crippen LogP contribution >= 0.6 is 46.1 Å². The first-order valence-electron chi connectivity index (χ1n) is 8.58. The maximum absolute atomic E-state index is 13.8. The lowest BCUT2D eigenvalue weighted by Crippen LogP contribution is -2.30. The number of carbonyl (C=O) groups excluding carboxylic acids is 2. The van der Waals surface area contributed by atoms with Crippen LogP contribution in [0.1, 0.15) is 12.5 Å². The monoisotopic (exact) mass is 486 g/mol. The van der Waals surface area contributed by atoms with Gasteiger partial charge in [-0.15, -0.1) is 11.3 Å². The predicted octanol–water partition coefficient (Wildman–Crippen LogP) is 6.02. The van der Waals surface area contributed by atoms with E-state index in [1.165, 1.54) is 36.5 Å². The van der Waals surface area contributed by atoms with E-state index in [0.717, 1.165) is 5.56 Å². The Labute approximate surface area is 190 Å². The molecule has 3 rings (SSSR count). The van der Waals surface area contributed by atoms with Crippen molar-refractivity contribution in [1.82, 2.24) is 4.98 Å². The zero-order valence-corrected chi connectivity index (χ0v) is 18.5. The number of aromatic nitrogens is 1. The van der Waals surface area contributed by atoms with E-state index in [1.54, 1.807) is 23.6 Å². The number of esters is 1. The zero-order chi connectivity index (χ0) is 21.8. The standard InChI is InChI=1S/C20H14Cl3FN2O3S/c1-10(29-18(27)8-12-13(21)3-2-4-16(12)24)19(28)26-20-25-17(9-30-20)11-5-6-14(22)15(23)7-11/h2-7,9-10H,8H2,1H3,(H,25,26,28). The van der Waals surface area contributed by atoms with Gasteiger partial charge in [-0.1, -0.05) is 46.9 Å². The van der Waals surface area contributed by atoms with E-state index < -0.39 is 23.8 Å². The second-order valence-electron chi connectivity index (χ2n) is 6.17. The molecule has 0 aliphatic rings. The van der Waals surface area contributed by atoms with Crippen LogP contribution < -0.4 is 5.32 Å². The van der Waals surface area contributed by atoms with Crippen molar-refractivity contribution in [2.75, 3.05) is 5.32 Å². The van der Waals surface area contributed by atoms with Crippen LogP contribution in [0.15, 0.2) is 41.8 Å². The maximum Gasteiger partial charge on any atom is 0.311 e. The summed E-state index contributed by atoms with van der Waals surface area (Å²) >= 11 is 19.0. The molecule has 10 heteroatoms. The van der Waals surface area contributed by atoms with Crippen LogP contribution in [0.4, 0.5) is 9.52 Å². The molecule has 0 bridgehead atoms. The van der Waals surface area contributed by atoms with Crippen LogP contribution in [0.2, 0.25) is 15.1 Å². The molecule has 0 aliphatic carbocycles. The van der Waals surface area contributed by atoms with Crippen LogP contribution in [-0.4, -0.2) is 23.0 Å². The van der Waals surface area contributed by atoms with E-state index in [4.69, 9.17) is 39.5 Å². The molecule has 2 aromatic carbocycles. The van der Waals surface area contributed by atoms with Crippen molar-refractivity contribution in [2.24, 2.45) is 0 Å². The van der Waals surface area contributed by atoms with Crippen molar-refractivity contribution in [3.63, 3.8) is 0 Å². The van der Waals surface area contributed by atoms with Gasteiger partial charge in [0.15, 0.2) is 11.2 Å². The summed E-state index contributed by atoms with van der Waals surface area (Å²) in [5.74, 6) is -1.97. The minimum Gasteiger partial charge on any atom is -0.452 e. The van der Waals surface area contributed by atoms with Crippen molar-refractivity contribution in [3.8, 4) is 11.3 Å². The minimum atomic E-state index is -1.11. The molecule has 1 heterocycles.